The Morgan fingerprint density at radius 3 is 1.95 bits per heavy atom. The lowest BCUT2D eigenvalue weighted by atomic mass is 10.0. The predicted molar refractivity (Wildman–Crippen MR) is 75.2 cm³/mol. The summed E-state index contributed by atoms with van der Waals surface area (Å²) in [4.78, 5) is 8.00. The summed E-state index contributed by atoms with van der Waals surface area (Å²) in [5.41, 5.74) is 1.88. The fourth-order valence-corrected chi connectivity index (χ4v) is 1.36. The molecule has 3 N–H and O–H groups in total. The fourth-order valence-electron chi connectivity index (χ4n) is 1.36. The lowest BCUT2D eigenvalue weighted by molar-refractivity contribution is -0.0979. The van der Waals surface area contributed by atoms with Crippen molar-refractivity contribution in [3.05, 3.63) is 53.0 Å². The van der Waals surface area contributed by atoms with E-state index < -0.39 is 0 Å². The van der Waals surface area contributed by atoms with Gasteiger partial charge < -0.3 is 20.1 Å². The van der Waals surface area contributed by atoms with Crippen molar-refractivity contribution in [1.82, 2.24) is 0 Å². The van der Waals surface area contributed by atoms with Gasteiger partial charge in [-0.25, -0.2) is 0 Å². The Hall–Kier alpha value is -2.23. The number of aliphatic hydroxyl groups excluding tert-OH is 2. The molecule has 1 aliphatic rings. The number of carbonyl (C=O) groups is 1. The van der Waals surface area contributed by atoms with E-state index in [0.717, 1.165) is 17.6 Å². The summed E-state index contributed by atoms with van der Waals surface area (Å²) in [5, 5.41) is 26.8. The van der Waals surface area contributed by atoms with E-state index in [1.807, 2.05) is 38.8 Å². The third-order valence-electron chi connectivity index (χ3n) is 2.61. The Balaban J connectivity index is 0.000000303. The lowest BCUT2D eigenvalue weighted by Crippen LogP contribution is -1.95. The number of aromatic hydroxyl groups is 1. The molecule has 0 aromatic heterocycles. The molecule has 1 aliphatic carbocycles. The van der Waals surface area contributed by atoms with Crippen LogP contribution >= 0.6 is 0 Å². The van der Waals surface area contributed by atoms with Gasteiger partial charge >= 0.3 is 0 Å². The van der Waals surface area contributed by atoms with Gasteiger partial charge in [0, 0.05) is 12.5 Å². The van der Waals surface area contributed by atoms with Crippen LogP contribution in [0.15, 0.2) is 47.4 Å². The van der Waals surface area contributed by atoms with Gasteiger partial charge in [-0.05, 0) is 37.5 Å². The quantitative estimate of drug-likeness (QED) is 0.669. The molecule has 4 heteroatoms. The average Bonchev–Trinajstić information content (AvgIpc) is 2.41. The number of hydrogen-bond acceptors (Lipinski definition) is 4. The number of carbonyl (C=O) groups excluding carboxylic acids is 1. The third kappa shape index (κ3) is 6.31. The summed E-state index contributed by atoms with van der Waals surface area (Å²) in [6.45, 7) is 5.73. The van der Waals surface area contributed by atoms with Crippen molar-refractivity contribution in [3.63, 3.8) is 0 Å². The number of rotatable bonds is 0. The maximum Gasteiger partial charge on any atom is 0.118 e. The fraction of sp³-hybridized carbons (Fsp3) is 0.267. The SMILES string of the molecule is C=O.CC1=C(O)C=C(O)CC1.Cc1ccccc1O. The number of aliphatic hydroxyl groups is 2. The molecule has 0 saturated carbocycles. The van der Waals surface area contributed by atoms with Gasteiger partial charge in [-0.3, -0.25) is 0 Å². The molecule has 0 bridgehead atoms. The molecule has 0 saturated heterocycles. The summed E-state index contributed by atoms with van der Waals surface area (Å²) in [5.74, 6) is 0.865. The molecule has 0 radical (unpaired) electrons. The van der Waals surface area contributed by atoms with Crippen molar-refractivity contribution in [2.45, 2.75) is 26.7 Å². The first-order valence-corrected chi connectivity index (χ1v) is 5.82. The van der Waals surface area contributed by atoms with Gasteiger partial charge in [0.15, 0.2) is 0 Å². The van der Waals surface area contributed by atoms with Crippen LogP contribution < -0.4 is 0 Å². The first-order chi connectivity index (χ1) is 9.00. The number of allylic oxidation sites excluding steroid dienone is 3. The molecule has 0 fully saturated rings. The molecule has 0 unspecified atom stereocenters. The maximum atomic E-state index is 8.99. The van der Waals surface area contributed by atoms with E-state index in [2.05, 4.69) is 0 Å². The van der Waals surface area contributed by atoms with E-state index in [9.17, 15) is 0 Å². The second-order valence-electron chi connectivity index (χ2n) is 4.09. The van der Waals surface area contributed by atoms with Crippen LogP contribution in [0.3, 0.4) is 0 Å². The van der Waals surface area contributed by atoms with Gasteiger partial charge in [0.05, 0.1) is 5.76 Å². The monoisotopic (exact) mass is 264 g/mol. The molecule has 1 aromatic rings. The van der Waals surface area contributed by atoms with Gasteiger partial charge in [-0.1, -0.05) is 18.2 Å². The van der Waals surface area contributed by atoms with E-state index in [1.54, 1.807) is 6.07 Å². The highest BCUT2D eigenvalue weighted by Gasteiger charge is 2.06. The van der Waals surface area contributed by atoms with Crippen molar-refractivity contribution in [1.29, 1.82) is 0 Å². The number of phenolic OH excluding ortho intramolecular Hbond substituents is 1. The topological polar surface area (TPSA) is 77.8 Å². The molecule has 0 amide bonds. The zero-order valence-electron chi connectivity index (χ0n) is 11.3. The molecule has 2 rings (SSSR count). The van der Waals surface area contributed by atoms with Crippen LogP contribution in [-0.4, -0.2) is 22.1 Å². The van der Waals surface area contributed by atoms with Crippen LogP contribution in [0.1, 0.15) is 25.3 Å². The zero-order chi connectivity index (χ0) is 14.8. The van der Waals surface area contributed by atoms with E-state index >= 15 is 0 Å². The summed E-state index contributed by atoms with van der Waals surface area (Å²) < 4.78 is 0. The van der Waals surface area contributed by atoms with Crippen molar-refractivity contribution >= 4 is 6.79 Å². The first-order valence-electron chi connectivity index (χ1n) is 5.82. The summed E-state index contributed by atoms with van der Waals surface area (Å²) in [6, 6.07) is 7.25. The maximum absolute atomic E-state index is 8.99. The Morgan fingerprint density at radius 1 is 1.00 bits per heavy atom. The van der Waals surface area contributed by atoms with Crippen LogP contribution in [0.2, 0.25) is 0 Å². The lowest BCUT2D eigenvalue weighted by Gasteiger charge is -2.08. The van der Waals surface area contributed by atoms with E-state index in [4.69, 9.17) is 20.1 Å². The Kier molecular flexibility index (Phi) is 7.77. The van der Waals surface area contributed by atoms with Crippen LogP contribution in [-0.2, 0) is 4.79 Å². The zero-order valence-corrected chi connectivity index (χ0v) is 11.3. The second kappa shape index (κ2) is 8.80. The first kappa shape index (κ1) is 16.8. The number of benzene rings is 1. The molecule has 4 nitrogen and oxygen atoms in total. The molecule has 0 atom stereocenters. The molecule has 1 aromatic carbocycles. The number of aryl methyl sites for hydroxylation is 1. The largest absolute Gasteiger partial charge is 0.512 e. The van der Waals surface area contributed by atoms with Crippen LogP contribution in [0, 0.1) is 6.92 Å². The van der Waals surface area contributed by atoms with Gasteiger partial charge in [0.25, 0.3) is 0 Å². The van der Waals surface area contributed by atoms with Gasteiger partial charge in [0.2, 0.25) is 0 Å². The van der Waals surface area contributed by atoms with Crippen LogP contribution in [0.25, 0.3) is 0 Å². The van der Waals surface area contributed by atoms with E-state index in [1.165, 1.54) is 6.08 Å². The molecule has 104 valence electrons. The number of para-hydroxylation sites is 1. The number of hydrogen-bond donors (Lipinski definition) is 3. The molecule has 0 aliphatic heterocycles. The van der Waals surface area contributed by atoms with Crippen molar-refractivity contribution in [3.8, 4) is 5.75 Å². The van der Waals surface area contributed by atoms with E-state index in [-0.39, 0.29) is 11.5 Å². The second-order valence-corrected chi connectivity index (χ2v) is 4.09. The molecular formula is C15H20O4. The minimum Gasteiger partial charge on any atom is -0.512 e. The van der Waals surface area contributed by atoms with Crippen molar-refractivity contribution in [2.24, 2.45) is 0 Å². The third-order valence-corrected chi connectivity index (χ3v) is 2.61. The van der Waals surface area contributed by atoms with Gasteiger partial charge in [-0.2, -0.15) is 0 Å². The Labute approximate surface area is 113 Å². The summed E-state index contributed by atoms with van der Waals surface area (Å²) in [6.07, 6.45) is 2.84. The highest BCUT2D eigenvalue weighted by atomic mass is 16.3. The molecule has 0 heterocycles. The summed E-state index contributed by atoms with van der Waals surface area (Å²) in [7, 11) is 0. The molecule has 0 spiro atoms. The van der Waals surface area contributed by atoms with Gasteiger partial charge in [0.1, 0.15) is 18.3 Å². The van der Waals surface area contributed by atoms with Crippen molar-refractivity contribution < 1.29 is 20.1 Å². The Bertz CT molecular complexity index is 440. The van der Waals surface area contributed by atoms with Crippen molar-refractivity contribution in [2.75, 3.05) is 0 Å². The molecule has 19 heavy (non-hydrogen) atoms. The minimum atomic E-state index is 0.221. The van der Waals surface area contributed by atoms with Crippen LogP contribution in [0.4, 0.5) is 0 Å². The standard InChI is InChI=1S/C7H10O2.C7H8O.CH2O/c1-5-2-3-6(8)4-7(5)9;1-6-4-2-3-5-7(6)8;1-2/h4,8-9H,2-3H2,1H3;2-5,8H,1H3;1H2. The highest BCUT2D eigenvalue weighted by molar-refractivity contribution is 5.29. The molecular weight excluding hydrogens is 244 g/mol. The highest BCUT2D eigenvalue weighted by Crippen LogP contribution is 2.19. The minimum absolute atomic E-state index is 0.221. The Morgan fingerprint density at radius 2 is 1.58 bits per heavy atom. The summed E-state index contributed by atoms with van der Waals surface area (Å²) >= 11 is 0. The average molecular weight is 264 g/mol. The smallest absolute Gasteiger partial charge is 0.118 e. The normalized spacial score (nSPS) is 13.5. The van der Waals surface area contributed by atoms with Crippen LogP contribution in [0.5, 0.6) is 5.75 Å². The number of phenols is 1. The van der Waals surface area contributed by atoms with E-state index in [0.29, 0.717) is 12.2 Å². The van der Waals surface area contributed by atoms with Gasteiger partial charge in [-0.15, -0.1) is 0 Å². The predicted octanol–water partition coefficient (Wildman–Crippen LogP) is 3.57.